The zero-order chi connectivity index (χ0) is 10.8. The molecule has 2 N–H and O–H groups in total. The zero-order valence-corrected chi connectivity index (χ0v) is 6.87. The Bertz CT molecular complexity index is 329. The Kier molecular flexibility index (Phi) is 2.58. The van der Waals surface area contributed by atoms with E-state index in [0.29, 0.717) is 0 Å². The summed E-state index contributed by atoms with van der Waals surface area (Å²) in [6.07, 6.45) is -4.88. The van der Waals surface area contributed by atoms with E-state index in [1.165, 1.54) is 7.11 Å². The minimum atomic E-state index is -4.88. The van der Waals surface area contributed by atoms with Gasteiger partial charge >= 0.3 is 18.4 Å². The van der Waals surface area contributed by atoms with E-state index in [4.69, 9.17) is 5.73 Å². The van der Waals surface area contributed by atoms with Crippen molar-refractivity contribution in [2.45, 2.75) is 6.36 Å². The van der Waals surface area contributed by atoms with Gasteiger partial charge in [0.15, 0.2) is 0 Å². The first-order valence-electron chi connectivity index (χ1n) is 3.22. The molecule has 0 saturated carbocycles. The second kappa shape index (κ2) is 3.52. The fourth-order valence-electron chi connectivity index (χ4n) is 0.593. The van der Waals surface area contributed by atoms with Crippen LogP contribution in [0.4, 0.5) is 19.1 Å². The summed E-state index contributed by atoms with van der Waals surface area (Å²) in [5.41, 5.74) is 5.06. The van der Waals surface area contributed by atoms with Crippen LogP contribution in [0.25, 0.3) is 0 Å². The normalized spacial score (nSPS) is 11.1. The van der Waals surface area contributed by atoms with Crippen LogP contribution in [-0.2, 0) is 0 Å². The Labute approximate surface area is 75.9 Å². The standard InChI is InChI=1S/C5H5F3N4O2/c1-13-3-10-2(9)11-4(12-3)14-5(6,7)8/h1H3,(H2,9,10,11,12). The average molecular weight is 210 g/mol. The third-order valence-corrected chi connectivity index (χ3v) is 1.00. The van der Waals surface area contributed by atoms with E-state index in [2.05, 4.69) is 24.4 Å². The maximum atomic E-state index is 11.7. The lowest BCUT2D eigenvalue weighted by Gasteiger charge is -2.07. The van der Waals surface area contributed by atoms with Crippen molar-refractivity contribution < 1.29 is 22.6 Å². The van der Waals surface area contributed by atoms with Crippen LogP contribution in [0, 0.1) is 0 Å². The van der Waals surface area contributed by atoms with Gasteiger partial charge in [0.25, 0.3) is 0 Å². The molecule has 0 aliphatic heterocycles. The Morgan fingerprint density at radius 3 is 2.21 bits per heavy atom. The summed E-state index contributed by atoms with van der Waals surface area (Å²) in [6.45, 7) is 0. The molecule has 0 unspecified atom stereocenters. The number of aromatic nitrogens is 3. The second-order valence-electron chi connectivity index (χ2n) is 2.01. The van der Waals surface area contributed by atoms with Crippen LogP contribution in [0.5, 0.6) is 12.0 Å². The number of rotatable bonds is 2. The van der Waals surface area contributed by atoms with Crippen LogP contribution in [0.15, 0.2) is 0 Å². The molecule has 9 heteroatoms. The first kappa shape index (κ1) is 10.3. The smallest absolute Gasteiger partial charge is 0.467 e. The number of anilines is 1. The second-order valence-corrected chi connectivity index (χ2v) is 2.01. The summed E-state index contributed by atoms with van der Waals surface area (Å²) in [5, 5.41) is 0. The molecule has 78 valence electrons. The Balaban J connectivity index is 2.92. The van der Waals surface area contributed by atoms with Gasteiger partial charge in [0.05, 0.1) is 7.11 Å². The number of ether oxygens (including phenoxy) is 2. The number of nitrogens with two attached hydrogens (primary N) is 1. The van der Waals surface area contributed by atoms with Crippen LogP contribution >= 0.6 is 0 Å². The largest absolute Gasteiger partial charge is 0.575 e. The predicted octanol–water partition coefficient (Wildman–Crippen LogP) is 0.361. The first-order chi connectivity index (χ1) is 6.40. The van der Waals surface area contributed by atoms with Crippen molar-refractivity contribution in [1.82, 2.24) is 15.0 Å². The fraction of sp³-hybridized carbons (Fsp3) is 0.400. The van der Waals surface area contributed by atoms with E-state index in [0.717, 1.165) is 0 Å². The maximum absolute atomic E-state index is 11.7. The quantitative estimate of drug-likeness (QED) is 0.758. The van der Waals surface area contributed by atoms with Gasteiger partial charge in [-0.15, -0.1) is 18.2 Å². The van der Waals surface area contributed by atoms with Crippen LogP contribution in [0.1, 0.15) is 0 Å². The summed E-state index contributed by atoms with van der Waals surface area (Å²) in [7, 11) is 1.17. The van der Waals surface area contributed by atoms with Gasteiger partial charge in [-0.2, -0.15) is 9.97 Å². The third-order valence-electron chi connectivity index (χ3n) is 1.00. The van der Waals surface area contributed by atoms with Gasteiger partial charge in [0, 0.05) is 0 Å². The Morgan fingerprint density at radius 1 is 1.14 bits per heavy atom. The molecule has 6 nitrogen and oxygen atoms in total. The summed E-state index contributed by atoms with van der Waals surface area (Å²) < 4.78 is 43.0. The van der Waals surface area contributed by atoms with Gasteiger partial charge in [-0.25, -0.2) is 0 Å². The molecule has 0 aliphatic rings. The molecule has 0 aliphatic carbocycles. The van der Waals surface area contributed by atoms with Crippen molar-refractivity contribution in [3.63, 3.8) is 0 Å². The number of nitrogen functional groups attached to an aromatic ring is 1. The van der Waals surface area contributed by atoms with Crippen LogP contribution in [0.3, 0.4) is 0 Å². The monoisotopic (exact) mass is 210 g/mol. The van der Waals surface area contributed by atoms with E-state index in [1.807, 2.05) is 0 Å². The number of alkyl halides is 3. The van der Waals surface area contributed by atoms with Crippen LogP contribution in [-0.4, -0.2) is 28.4 Å². The molecule has 0 spiro atoms. The minimum absolute atomic E-state index is 0.350. The molecule has 1 heterocycles. The van der Waals surface area contributed by atoms with E-state index in [1.54, 1.807) is 0 Å². The highest BCUT2D eigenvalue weighted by molar-refractivity contribution is 5.20. The van der Waals surface area contributed by atoms with E-state index in [-0.39, 0.29) is 6.01 Å². The number of nitrogens with zero attached hydrogens (tertiary/aromatic N) is 3. The molecule has 0 amide bonds. The molecule has 0 aromatic carbocycles. The van der Waals surface area contributed by atoms with Crippen molar-refractivity contribution in [3.05, 3.63) is 0 Å². The van der Waals surface area contributed by atoms with Gasteiger partial charge in [-0.1, -0.05) is 0 Å². The van der Waals surface area contributed by atoms with Gasteiger partial charge in [0.2, 0.25) is 5.95 Å². The van der Waals surface area contributed by atoms with Crippen molar-refractivity contribution in [3.8, 4) is 12.0 Å². The lowest BCUT2D eigenvalue weighted by Crippen LogP contribution is -2.19. The summed E-state index contributed by atoms with van der Waals surface area (Å²) in [4.78, 5) is 9.64. The molecular formula is C5H5F3N4O2. The molecule has 0 fully saturated rings. The van der Waals surface area contributed by atoms with E-state index >= 15 is 0 Å². The average Bonchev–Trinajstić information content (AvgIpc) is 1.99. The van der Waals surface area contributed by atoms with Crippen LogP contribution < -0.4 is 15.2 Å². The van der Waals surface area contributed by atoms with E-state index in [9.17, 15) is 13.2 Å². The summed E-state index contributed by atoms with van der Waals surface area (Å²) >= 11 is 0. The van der Waals surface area contributed by atoms with Crippen molar-refractivity contribution >= 4 is 5.95 Å². The molecule has 0 radical (unpaired) electrons. The lowest BCUT2D eigenvalue weighted by atomic mass is 10.9. The van der Waals surface area contributed by atoms with Gasteiger partial charge in [0.1, 0.15) is 0 Å². The summed E-state index contributed by atoms with van der Waals surface area (Å²) in [6, 6.07) is -1.31. The summed E-state index contributed by atoms with van der Waals surface area (Å²) in [5.74, 6) is -0.420. The minimum Gasteiger partial charge on any atom is -0.467 e. The SMILES string of the molecule is COc1nc(N)nc(OC(F)(F)F)n1. The highest BCUT2D eigenvalue weighted by Crippen LogP contribution is 2.20. The molecule has 0 bridgehead atoms. The Hall–Kier alpha value is -1.80. The number of halogens is 3. The topological polar surface area (TPSA) is 83.2 Å². The molecule has 1 rings (SSSR count). The highest BCUT2D eigenvalue weighted by Gasteiger charge is 2.33. The van der Waals surface area contributed by atoms with Crippen molar-refractivity contribution in [2.24, 2.45) is 0 Å². The van der Waals surface area contributed by atoms with Crippen molar-refractivity contribution in [1.29, 1.82) is 0 Å². The molecule has 14 heavy (non-hydrogen) atoms. The Morgan fingerprint density at radius 2 is 1.71 bits per heavy atom. The lowest BCUT2D eigenvalue weighted by molar-refractivity contribution is -0.277. The maximum Gasteiger partial charge on any atom is 0.575 e. The van der Waals surface area contributed by atoms with Gasteiger partial charge in [-0.3, -0.25) is 0 Å². The van der Waals surface area contributed by atoms with Crippen LogP contribution in [0.2, 0.25) is 0 Å². The third kappa shape index (κ3) is 2.92. The molecule has 0 atom stereocenters. The first-order valence-corrected chi connectivity index (χ1v) is 3.22. The molecule has 1 aromatic heterocycles. The van der Waals surface area contributed by atoms with Crippen molar-refractivity contribution in [2.75, 3.05) is 12.8 Å². The number of hydrogen-bond acceptors (Lipinski definition) is 6. The molecular weight excluding hydrogens is 205 g/mol. The zero-order valence-electron chi connectivity index (χ0n) is 6.87. The number of methoxy groups -OCH3 is 1. The van der Waals surface area contributed by atoms with Gasteiger partial charge in [-0.05, 0) is 0 Å². The molecule has 1 aromatic rings. The fourth-order valence-corrected chi connectivity index (χ4v) is 0.593. The highest BCUT2D eigenvalue weighted by atomic mass is 19.4. The number of hydrogen-bond donors (Lipinski definition) is 1. The predicted molar refractivity (Wildman–Crippen MR) is 37.5 cm³/mol. The van der Waals surface area contributed by atoms with Gasteiger partial charge < -0.3 is 15.2 Å². The molecule has 0 saturated heterocycles. The van der Waals surface area contributed by atoms with E-state index < -0.39 is 18.3 Å².